The van der Waals surface area contributed by atoms with E-state index in [1.165, 1.54) is 48.0 Å². The molecule has 1 amide bonds. The van der Waals surface area contributed by atoms with Crippen LogP contribution < -0.4 is 4.90 Å². The number of rotatable bonds is 7. The molecular weight excluding hydrogens is 565 g/mol. The smallest absolute Gasteiger partial charge is 0.337 e. The Morgan fingerprint density at radius 2 is 1.76 bits per heavy atom. The maximum atomic E-state index is 13.5. The Kier molecular flexibility index (Phi) is 8.00. The number of ketones is 1. The number of nitrogens with zero attached hydrogens (tertiary/aromatic N) is 3. The number of thioether (sulfide) groups is 1. The second-order valence-electron chi connectivity index (χ2n) is 9.37. The van der Waals surface area contributed by atoms with Crippen molar-refractivity contribution in [3.63, 3.8) is 0 Å². The SMILES string of the molecule is COC(=O)c1ccc(C2C(=C(O)c3cc(C)ccc3C)C(=O)C(=O)N2c2nnc(SCc3ccc(F)cc3)s2)cc1. The van der Waals surface area contributed by atoms with Gasteiger partial charge in [0.2, 0.25) is 5.13 Å². The molecule has 41 heavy (non-hydrogen) atoms. The third-order valence-corrected chi connectivity index (χ3v) is 8.74. The molecule has 11 heteroatoms. The van der Waals surface area contributed by atoms with Crippen LogP contribution in [0.1, 0.15) is 44.2 Å². The summed E-state index contributed by atoms with van der Waals surface area (Å²) in [7, 11) is 1.27. The van der Waals surface area contributed by atoms with Crippen molar-refractivity contribution in [2.24, 2.45) is 0 Å². The Labute approximate surface area is 243 Å². The van der Waals surface area contributed by atoms with E-state index in [0.717, 1.165) is 28.0 Å². The van der Waals surface area contributed by atoms with Crippen LogP contribution in [-0.4, -0.2) is 40.1 Å². The van der Waals surface area contributed by atoms with Crippen molar-refractivity contribution in [3.8, 4) is 0 Å². The van der Waals surface area contributed by atoms with Gasteiger partial charge in [-0.15, -0.1) is 10.2 Å². The predicted octanol–water partition coefficient (Wildman–Crippen LogP) is 6.00. The van der Waals surface area contributed by atoms with Crippen molar-refractivity contribution in [1.82, 2.24) is 10.2 Å². The molecule has 2 heterocycles. The molecule has 1 aromatic heterocycles. The summed E-state index contributed by atoms with van der Waals surface area (Å²) in [5.41, 5.74) is 3.61. The molecule has 8 nitrogen and oxygen atoms in total. The van der Waals surface area contributed by atoms with Crippen LogP contribution in [0.2, 0.25) is 0 Å². The molecule has 0 aliphatic carbocycles. The Balaban J connectivity index is 1.57. The number of halogens is 1. The molecule has 1 unspecified atom stereocenters. The van der Waals surface area contributed by atoms with Gasteiger partial charge < -0.3 is 9.84 Å². The topological polar surface area (TPSA) is 110 Å². The summed E-state index contributed by atoms with van der Waals surface area (Å²) in [4.78, 5) is 40.2. The van der Waals surface area contributed by atoms with Crippen LogP contribution in [0.15, 0.2) is 76.6 Å². The number of esters is 1. The molecule has 1 atom stereocenters. The van der Waals surface area contributed by atoms with Gasteiger partial charge in [-0.25, -0.2) is 9.18 Å². The number of Topliss-reactive ketones (excluding diaryl/α,β-unsaturated/α-hetero) is 1. The lowest BCUT2D eigenvalue weighted by Crippen LogP contribution is -2.29. The lowest BCUT2D eigenvalue weighted by molar-refractivity contribution is -0.132. The summed E-state index contributed by atoms with van der Waals surface area (Å²) in [5.74, 6) is -2.38. The van der Waals surface area contributed by atoms with Crippen molar-refractivity contribution >= 4 is 51.6 Å². The molecule has 1 aliphatic heterocycles. The highest BCUT2D eigenvalue weighted by atomic mass is 32.2. The summed E-state index contributed by atoms with van der Waals surface area (Å²) in [6.45, 7) is 3.67. The first-order valence-electron chi connectivity index (χ1n) is 12.5. The largest absolute Gasteiger partial charge is 0.507 e. The van der Waals surface area contributed by atoms with Crippen molar-refractivity contribution in [3.05, 3.63) is 112 Å². The van der Waals surface area contributed by atoms with Gasteiger partial charge in [-0.1, -0.05) is 65.1 Å². The Bertz CT molecular complexity index is 1680. The third kappa shape index (κ3) is 5.63. The van der Waals surface area contributed by atoms with E-state index in [0.29, 0.717) is 21.2 Å². The van der Waals surface area contributed by atoms with Crippen molar-refractivity contribution in [1.29, 1.82) is 0 Å². The summed E-state index contributed by atoms with van der Waals surface area (Å²) < 4.78 is 18.6. The fourth-order valence-electron chi connectivity index (χ4n) is 4.48. The highest BCUT2D eigenvalue weighted by Crippen LogP contribution is 2.44. The standard InChI is InChI=1S/C30H24FN3O5S2/c1-16-4-5-17(2)22(14-16)25(35)23-24(19-8-10-20(11-9-19)28(38)39-3)34(27(37)26(23)36)29-32-33-30(41-29)40-15-18-6-12-21(31)13-7-18/h4-14,24,35H,15H2,1-3H3. The number of amides is 1. The lowest BCUT2D eigenvalue weighted by atomic mass is 9.93. The van der Waals surface area contributed by atoms with E-state index in [2.05, 4.69) is 10.2 Å². The quantitative estimate of drug-likeness (QED) is 0.0698. The fraction of sp³-hybridized carbons (Fsp3) is 0.167. The van der Waals surface area contributed by atoms with Crippen LogP contribution in [0.4, 0.5) is 9.52 Å². The normalized spacial score (nSPS) is 16.3. The lowest BCUT2D eigenvalue weighted by Gasteiger charge is -2.23. The number of anilines is 1. The molecule has 1 N–H and O–H groups in total. The highest BCUT2D eigenvalue weighted by Gasteiger charge is 2.48. The minimum Gasteiger partial charge on any atom is -0.507 e. The molecule has 1 saturated heterocycles. The zero-order valence-electron chi connectivity index (χ0n) is 22.3. The van der Waals surface area contributed by atoms with Gasteiger partial charge in [0.25, 0.3) is 5.78 Å². The van der Waals surface area contributed by atoms with E-state index in [1.807, 2.05) is 19.1 Å². The fourth-order valence-corrected chi connectivity index (χ4v) is 6.31. The first-order valence-corrected chi connectivity index (χ1v) is 14.3. The van der Waals surface area contributed by atoms with E-state index >= 15 is 0 Å². The number of aliphatic hydroxyl groups is 1. The Morgan fingerprint density at radius 3 is 2.44 bits per heavy atom. The van der Waals surface area contributed by atoms with E-state index in [4.69, 9.17) is 4.74 Å². The number of benzene rings is 3. The average molecular weight is 590 g/mol. The number of ether oxygens (including phenoxy) is 1. The molecule has 0 radical (unpaired) electrons. The second kappa shape index (κ2) is 11.6. The van der Waals surface area contributed by atoms with Crippen LogP contribution in [-0.2, 0) is 20.1 Å². The van der Waals surface area contributed by atoms with Crippen LogP contribution in [0.25, 0.3) is 5.76 Å². The molecule has 5 rings (SSSR count). The summed E-state index contributed by atoms with van der Waals surface area (Å²) in [5, 5.41) is 20.0. The first-order chi connectivity index (χ1) is 19.7. The van der Waals surface area contributed by atoms with Gasteiger partial charge in [0.05, 0.1) is 24.3 Å². The van der Waals surface area contributed by atoms with Gasteiger partial charge in [0.1, 0.15) is 11.6 Å². The number of hydrogen-bond donors (Lipinski definition) is 1. The number of hydrogen-bond acceptors (Lipinski definition) is 9. The summed E-state index contributed by atoms with van der Waals surface area (Å²) in [6.07, 6.45) is 0. The van der Waals surface area contributed by atoms with Crippen LogP contribution in [0.5, 0.6) is 0 Å². The minimum absolute atomic E-state index is 0.0924. The molecule has 3 aromatic carbocycles. The first kappa shape index (κ1) is 28.2. The van der Waals surface area contributed by atoms with E-state index in [9.17, 15) is 23.9 Å². The molecule has 4 aromatic rings. The van der Waals surface area contributed by atoms with E-state index < -0.39 is 23.7 Å². The van der Waals surface area contributed by atoms with Gasteiger partial charge in [-0.2, -0.15) is 0 Å². The maximum absolute atomic E-state index is 13.5. The zero-order chi connectivity index (χ0) is 29.3. The van der Waals surface area contributed by atoms with Gasteiger partial charge in [-0.3, -0.25) is 14.5 Å². The van der Waals surface area contributed by atoms with E-state index in [-0.39, 0.29) is 27.8 Å². The summed E-state index contributed by atoms with van der Waals surface area (Å²) >= 11 is 2.48. The summed E-state index contributed by atoms with van der Waals surface area (Å²) in [6, 6.07) is 16.8. The van der Waals surface area contributed by atoms with Crippen molar-refractivity contribution in [2.75, 3.05) is 12.0 Å². The number of methoxy groups -OCH3 is 1. The minimum atomic E-state index is -1.02. The highest BCUT2D eigenvalue weighted by molar-refractivity contribution is 8.00. The molecule has 0 bridgehead atoms. The number of carbonyl (C=O) groups excluding carboxylic acids is 3. The molecule has 0 saturated carbocycles. The Morgan fingerprint density at radius 1 is 1.05 bits per heavy atom. The van der Waals surface area contributed by atoms with Crippen LogP contribution in [0, 0.1) is 19.7 Å². The Hall–Kier alpha value is -4.35. The molecule has 208 valence electrons. The number of aliphatic hydroxyl groups excluding tert-OH is 1. The third-order valence-electron chi connectivity index (χ3n) is 6.62. The maximum Gasteiger partial charge on any atom is 0.337 e. The number of carbonyl (C=O) groups is 3. The van der Waals surface area contributed by atoms with Gasteiger partial charge in [0.15, 0.2) is 4.34 Å². The average Bonchev–Trinajstić information content (AvgIpc) is 3.55. The van der Waals surface area contributed by atoms with Gasteiger partial charge in [-0.05, 0) is 60.9 Å². The number of aryl methyl sites for hydroxylation is 2. The molecule has 1 aliphatic rings. The van der Waals surface area contributed by atoms with Crippen molar-refractivity contribution < 1.29 is 28.6 Å². The zero-order valence-corrected chi connectivity index (χ0v) is 23.9. The van der Waals surface area contributed by atoms with Crippen LogP contribution >= 0.6 is 23.1 Å². The predicted molar refractivity (Wildman–Crippen MR) is 154 cm³/mol. The molecular formula is C30H24FN3O5S2. The van der Waals surface area contributed by atoms with Crippen molar-refractivity contribution in [2.45, 2.75) is 30.0 Å². The molecule has 1 fully saturated rings. The molecule has 0 spiro atoms. The second-order valence-corrected chi connectivity index (χ2v) is 11.5. The number of aromatic nitrogens is 2. The van der Waals surface area contributed by atoms with Gasteiger partial charge >= 0.3 is 11.9 Å². The van der Waals surface area contributed by atoms with Gasteiger partial charge in [0, 0.05) is 11.3 Å². The monoisotopic (exact) mass is 589 g/mol. The van der Waals surface area contributed by atoms with Crippen LogP contribution in [0.3, 0.4) is 0 Å². The van der Waals surface area contributed by atoms with E-state index in [1.54, 1.807) is 37.3 Å².